The molecule has 196 valence electrons. The summed E-state index contributed by atoms with van der Waals surface area (Å²) in [5.74, 6) is -2.91. The van der Waals surface area contributed by atoms with Gasteiger partial charge in [0.1, 0.15) is 11.6 Å². The molecule has 0 unspecified atom stereocenters. The van der Waals surface area contributed by atoms with Crippen LogP contribution in [0.1, 0.15) is 62.5 Å². The number of anilines is 1. The lowest BCUT2D eigenvalue weighted by molar-refractivity contribution is -0.128. The summed E-state index contributed by atoms with van der Waals surface area (Å²) in [7, 11) is -4.28. The number of nitrogens with one attached hydrogen (secondary N) is 2. The fourth-order valence-corrected chi connectivity index (χ4v) is 5.31. The van der Waals surface area contributed by atoms with Gasteiger partial charge in [-0.15, -0.1) is 0 Å². The summed E-state index contributed by atoms with van der Waals surface area (Å²) in [6.07, 6.45) is 0.216. The highest BCUT2D eigenvalue weighted by atomic mass is 32.2. The van der Waals surface area contributed by atoms with Crippen LogP contribution in [0.15, 0.2) is 41.4 Å². The zero-order valence-electron chi connectivity index (χ0n) is 20.3. The van der Waals surface area contributed by atoms with Crippen molar-refractivity contribution >= 4 is 21.7 Å². The summed E-state index contributed by atoms with van der Waals surface area (Å²) in [5, 5.41) is 11.9. The molecular formula is C25H31F2N3O5S. The van der Waals surface area contributed by atoms with Gasteiger partial charge in [-0.05, 0) is 61.9 Å². The number of carbonyl (C=O) groups is 1. The highest BCUT2D eigenvalue weighted by molar-refractivity contribution is 7.90. The van der Waals surface area contributed by atoms with Crippen LogP contribution in [-0.2, 0) is 14.8 Å². The standard InChI is InChI=1S/C25H31F2N3O5S/c1-16-6-7-19(18-8-10-25(26,27)11-9-18)20(14-16)35-24(12-13-24)23(32)30-36(33,34)22-5-3-4-21(29-22)28-15-17(2)31/h3-7,14,17-18,31H,8-13,15H2,1-2H3,(H,28,29)(H,30,32)/t17-/m1/s1. The van der Waals surface area contributed by atoms with Crippen molar-refractivity contribution < 1.29 is 31.8 Å². The Kier molecular flexibility index (Phi) is 7.25. The van der Waals surface area contributed by atoms with Gasteiger partial charge in [0.2, 0.25) is 5.92 Å². The lowest BCUT2D eigenvalue weighted by Crippen LogP contribution is -2.43. The molecule has 0 spiro atoms. The number of pyridine rings is 1. The van der Waals surface area contributed by atoms with Crippen LogP contribution < -0.4 is 14.8 Å². The Bertz CT molecular complexity index is 1220. The number of hydrogen-bond acceptors (Lipinski definition) is 7. The van der Waals surface area contributed by atoms with Gasteiger partial charge >= 0.3 is 0 Å². The van der Waals surface area contributed by atoms with E-state index in [0.29, 0.717) is 31.4 Å². The van der Waals surface area contributed by atoms with E-state index < -0.39 is 33.6 Å². The Morgan fingerprint density at radius 3 is 2.53 bits per heavy atom. The highest BCUT2D eigenvalue weighted by Gasteiger charge is 2.54. The molecule has 36 heavy (non-hydrogen) atoms. The lowest BCUT2D eigenvalue weighted by Gasteiger charge is -2.30. The first-order chi connectivity index (χ1) is 16.9. The van der Waals surface area contributed by atoms with Crippen molar-refractivity contribution in [2.24, 2.45) is 0 Å². The molecule has 2 aliphatic carbocycles. The molecule has 3 N–H and O–H groups in total. The summed E-state index contributed by atoms with van der Waals surface area (Å²) < 4.78 is 61.4. The molecule has 2 aliphatic rings. The SMILES string of the molecule is Cc1ccc(C2CCC(F)(F)CC2)c(OC2(C(=O)NS(=O)(=O)c3cccc(NC[C@@H](C)O)n3)CC2)c1. The number of nitrogens with zero attached hydrogens (tertiary/aromatic N) is 1. The number of aliphatic hydroxyl groups is 1. The van der Waals surface area contributed by atoms with E-state index in [0.717, 1.165) is 11.1 Å². The molecule has 1 heterocycles. The van der Waals surface area contributed by atoms with Crippen LogP contribution in [0.3, 0.4) is 0 Å². The normalized spacial score (nSPS) is 19.8. The first kappa shape index (κ1) is 26.3. The van der Waals surface area contributed by atoms with E-state index in [1.54, 1.807) is 19.1 Å². The molecule has 0 aliphatic heterocycles. The van der Waals surface area contributed by atoms with Gasteiger partial charge in [0.25, 0.3) is 15.9 Å². The third kappa shape index (κ3) is 6.12. The lowest BCUT2D eigenvalue weighted by atomic mass is 9.81. The Hall–Kier alpha value is -2.79. The third-order valence-corrected chi connectivity index (χ3v) is 7.79. The fourth-order valence-electron chi connectivity index (χ4n) is 4.30. The topological polar surface area (TPSA) is 118 Å². The molecule has 0 radical (unpaired) electrons. The van der Waals surface area contributed by atoms with Gasteiger partial charge < -0.3 is 15.2 Å². The van der Waals surface area contributed by atoms with E-state index in [2.05, 4.69) is 15.0 Å². The van der Waals surface area contributed by atoms with Crippen LogP contribution in [0.5, 0.6) is 5.75 Å². The number of carbonyl (C=O) groups excluding carboxylic acids is 1. The first-order valence-electron chi connectivity index (χ1n) is 12.0. The molecule has 0 bridgehead atoms. The molecule has 1 aromatic heterocycles. The van der Waals surface area contributed by atoms with Crippen LogP contribution in [0.2, 0.25) is 0 Å². The van der Waals surface area contributed by atoms with E-state index in [-0.39, 0.29) is 36.1 Å². The maximum Gasteiger partial charge on any atom is 0.281 e. The maximum atomic E-state index is 13.7. The van der Waals surface area contributed by atoms with Gasteiger partial charge in [-0.2, -0.15) is 8.42 Å². The predicted octanol–water partition coefficient (Wildman–Crippen LogP) is 3.89. The molecule has 1 aromatic carbocycles. The van der Waals surface area contributed by atoms with Crippen molar-refractivity contribution in [1.82, 2.24) is 9.71 Å². The second kappa shape index (κ2) is 9.93. The maximum absolute atomic E-state index is 13.7. The number of amides is 1. The van der Waals surface area contributed by atoms with Gasteiger partial charge in [-0.1, -0.05) is 18.2 Å². The quantitative estimate of drug-likeness (QED) is 0.456. The number of aliphatic hydroxyl groups excluding tert-OH is 1. The van der Waals surface area contributed by atoms with Crippen LogP contribution in [0.4, 0.5) is 14.6 Å². The first-order valence-corrected chi connectivity index (χ1v) is 13.5. The van der Waals surface area contributed by atoms with E-state index in [9.17, 15) is 27.1 Å². The van der Waals surface area contributed by atoms with Crippen molar-refractivity contribution in [2.45, 2.75) is 80.9 Å². The molecule has 8 nitrogen and oxygen atoms in total. The van der Waals surface area contributed by atoms with Crippen molar-refractivity contribution in [2.75, 3.05) is 11.9 Å². The van der Waals surface area contributed by atoms with Gasteiger partial charge in [0.15, 0.2) is 10.6 Å². The molecule has 1 amide bonds. The smallest absolute Gasteiger partial charge is 0.281 e. The Balaban J connectivity index is 1.49. The molecule has 2 fully saturated rings. The Labute approximate surface area is 209 Å². The number of aromatic nitrogens is 1. The number of sulfonamides is 1. The molecule has 2 saturated carbocycles. The minimum absolute atomic E-state index is 0.121. The zero-order valence-corrected chi connectivity index (χ0v) is 21.1. The van der Waals surface area contributed by atoms with Crippen LogP contribution in [-0.4, -0.2) is 48.6 Å². The molecule has 0 saturated heterocycles. The van der Waals surface area contributed by atoms with Crippen LogP contribution in [0.25, 0.3) is 0 Å². The van der Waals surface area contributed by atoms with E-state index in [1.165, 1.54) is 12.1 Å². The molecule has 1 atom stereocenters. The van der Waals surface area contributed by atoms with E-state index >= 15 is 0 Å². The Morgan fingerprint density at radius 1 is 1.19 bits per heavy atom. The zero-order chi connectivity index (χ0) is 26.1. The predicted molar refractivity (Wildman–Crippen MR) is 130 cm³/mol. The molecular weight excluding hydrogens is 492 g/mol. The average molecular weight is 524 g/mol. The monoisotopic (exact) mass is 523 g/mol. The van der Waals surface area contributed by atoms with Gasteiger partial charge in [0.05, 0.1) is 6.10 Å². The van der Waals surface area contributed by atoms with Crippen molar-refractivity contribution in [3.05, 3.63) is 47.5 Å². The second-order valence-electron chi connectivity index (χ2n) is 9.79. The summed E-state index contributed by atoms with van der Waals surface area (Å²) >= 11 is 0. The van der Waals surface area contributed by atoms with Crippen LogP contribution >= 0.6 is 0 Å². The number of ether oxygens (including phenoxy) is 1. The fraction of sp³-hybridized carbons (Fsp3) is 0.520. The second-order valence-corrected chi connectivity index (χ2v) is 11.4. The average Bonchev–Trinajstić information content (AvgIpc) is 3.59. The molecule has 4 rings (SSSR count). The third-order valence-electron chi connectivity index (χ3n) is 6.55. The Morgan fingerprint density at radius 2 is 1.89 bits per heavy atom. The van der Waals surface area contributed by atoms with Crippen molar-refractivity contribution in [1.29, 1.82) is 0 Å². The largest absolute Gasteiger partial charge is 0.477 e. The number of hydrogen-bond donors (Lipinski definition) is 3. The summed E-state index contributed by atoms with van der Waals surface area (Å²) in [5.41, 5.74) is 0.289. The van der Waals surface area contributed by atoms with Gasteiger partial charge in [-0.25, -0.2) is 18.5 Å². The molecule has 2 aromatic rings. The summed E-state index contributed by atoms with van der Waals surface area (Å²) in [6.45, 7) is 3.61. The summed E-state index contributed by atoms with van der Waals surface area (Å²) in [4.78, 5) is 17.1. The van der Waals surface area contributed by atoms with Crippen molar-refractivity contribution in [3.8, 4) is 5.75 Å². The molecule has 11 heteroatoms. The number of alkyl halides is 2. The van der Waals surface area contributed by atoms with Gasteiger partial charge in [-0.3, -0.25) is 4.79 Å². The van der Waals surface area contributed by atoms with E-state index in [4.69, 9.17) is 4.74 Å². The van der Waals surface area contributed by atoms with Crippen LogP contribution in [0, 0.1) is 6.92 Å². The van der Waals surface area contributed by atoms with E-state index in [1.807, 2.05) is 19.1 Å². The van der Waals surface area contributed by atoms with Crippen molar-refractivity contribution in [3.63, 3.8) is 0 Å². The number of rotatable bonds is 9. The summed E-state index contributed by atoms with van der Waals surface area (Å²) in [6, 6.07) is 9.79. The minimum atomic E-state index is -4.28. The minimum Gasteiger partial charge on any atom is -0.477 e. The van der Waals surface area contributed by atoms with Gasteiger partial charge in [0, 0.05) is 32.2 Å². The highest BCUT2D eigenvalue weighted by Crippen LogP contribution is 2.47. The number of aryl methyl sites for hydroxylation is 1. The number of halogens is 2. The number of benzene rings is 1.